The summed E-state index contributed by atoms with van der Waals surface area (Å²) in [7, 11) is 0. The molecular weight excluding hydrogens is 556 g/mol. The zero-order chi connectivity index (χ0) is 30.9. The SMILES string of the molecule is CC(=O)N[C@@H](CCCCN)C(=O)N1CCC[C@H]1C(=O)N[C@@H](CCCN=C(N)N)C(=O)N[C@@H](CS)C(=O)NCC(N)=O. The highest BCUT2D eigenvalue weighted by molar-refractivity contribution is 7.80. The van der Waals surface area contributed by atoms with Gasteiger partial charge in [0.25, 0.3) is 0 Å². The number of carbonyl (C=O) groups excluding carboxylic acids is 6. The first kappa shape index (κ1) is 35.4. The number of carbonyl (C=O) groups is 6. The van der Waals surface area contributed by atoms with E-state index in [1.165, 1.54) is 11.8 Å². The quantitative estimate of drug-likeness (QED) is 0.0322. The van der Waals surface area contributed by atoms with Crippen molar-refractivity contribution in [3.63, 3.8) is 0 Å². The first-order valence-corrected chi connectivity index (χ1v) is 14.1. The number of thiol groups is 1. The maximum atomic E-state index is 13.4. The minimum absolute atomic E-state index is 0.0927. The highest BCUT2D eigenvalue weighted by Gasteiger charge is 2.38. The van der Waals surface area contributed by atoms with Gasteiger partial charge in [0, 0.05) is 25.8 Å². The molecule has 0 aliphatic carbocycles. The van der Waals surface area contributed by atoms with Crippen molar-refractivity contribution < 1.29 is 28.8 Å². The van der Waals surface area contributed by atoms with Gasteiger partial charge >= 0.3 is 0 Å². The Bertz CT molecular complexity index is 961. The largest absolute Gasteiger partial charge is 0.370 e. The Hall–Kier alpha value is -3.60. The Balaban J connectivity index is 3.04. The number of hydrogen-bond acceptors (Lipinski definition) is 9. The van der Waals surface area contributed by atoms with Crippen LogP contribution in [0.25, 0.3) is 0 Å². The Morgan fingerprint density at radius 3 is 2.20 bits per heavy atom. The number of guanidine groups is 1. The van der Waals surface area contributed by atoms with Crippen LogP contribution in [0.4, 0.5) is 0 Å². The molecule has 17 heteroatoms. The van der Waals surface area contributed by atoms with Gasteiger partial charge in [-0.05, 0) is 51.5 Å². The maximum Gasteiger partial charge on any atom is 0.245 e. The summed E-state index contributed by atoms with van der Waals surface area (Å²) in [6.45, 7) is 1.84. The number of nitrogens with zero attached hydrogens (tertiary/aromatic N) is 2. The van der Waals surface area contributed by atoms with Gasteiger partial charge in [0.1, 0.15) is 24.2 Å². The minimum atomic E-state index is -1.11. The molecule has 0 bridgehead atoms. The fraction of sp³-hybridized carbons (Fsp3) is 0.708. The number of aliphatic imine (C=N–C) groups is 1. The number of amides is 6. The molecular formula is C24H44N10O6S. The van der Waals surface area contributed by atoms with E-state index in [1.807, 2.05) is 0 Å². The molecule has 12 N–H and O–H groups in total. The number of nitrogens with one attached hydrogen (secondary N) is 4. The van der Waals surface area contributed by atoms with E-state index >= 15 is 0 Å². The van der Waals surface area contributed by atoms with Crippen molar-refractivity contribution in [1.29, 1.82) is 0 Å². The first-order valence-electron chi connectivity index (χ1n) is 13.5. The second-order valence-corrected chi connectivity index (χ2v) is 10.0. The summed E-state index contributed by atoms with van der Waals surface area (Å²) >= 11 is 4.09. The molecule has 6 amide bonds. The average molecular weight is 601 g/mol. The van der Waals surface area contributed by atoms with Crippen molar-refractivity contribution >= 4 is 54.0 Å². The van der Waals surface area contributed by atoms with E-state index in [9.17, 15) is 28.8 Å². The molecule has 1 aliphatic rings. The van der Waals surface area contributed by atoms with Gasteiger partial charge in [-0.1, -0.05) is 0 Å². The van der Waals surface area contributed by atoms with Crippen molar-refractivity contribution in [2.24, 2.45) is 27.9 Å². The summed E-state index contributed by atoms with van der Waals surface area (Å²) in [5.74, 6) is -3.64. The molecule has 1 aliphatic heterocycles. The monoisotopic (exact) mass is 600 g/mol. The smallest absolute Gasteiger partial charge is 0.245 e. The number of likely N-dealkylation sites (tertiary alicyclic amines) is 1. The van der Waals surface area contributed by atoms with Crippen LogP contribution in [0.1, 0.15) is 51.9 Å². The fourth-order valence-electron chi connectivity index (χ4n) is 4.30. The number of hydrogen-bond donors (Lipinski definition) is 9. The molecule has 1 fully saturated rings. The highest BCUT2D eigenvalue weighted by Crippen LogP contribution is 2.20. The molecule has 0 aromatic carbocycles. The molecule has 1 saturated heterocycles. The standard InChI is InChI=1S/C24H44N10O6S/c1-14(35)31-16(6-2-3-9-25)23(40)34-11-5-8-18(34)22(39)32-15(7-4-10-29-24(27)28)21(38)33-17(13-41)20(37)30-12-19(26)36/h15-18,41H,2-13,25H2,1H3,(H2,26,36)(H,30,37)(H,31,35)(H,32,39)(H,33,38)(H4,27,28,29)/t15-,16-,17-,18-/m0/s1. The summed E-state index contributed by atoms with van der Waals surface area (Å²) in [6.07, 6.45) is 3.03. The van der Waals surface area contributed by atoms with Gasteiger partial charge in [0.15, 0.2) is 5.96 Å². The van der Waals surface area contributed by atoms with Crippen molar-refractivity contribution in [3.05, 3.63) is 0 Å². The van der Waals surface area contributed by atoms with Gasteiger partial charge in [-0.2, -0.15) is 12.6 Å². The van der Waals surface area contributed by atoms with Crippen LogP contribution in [0.5, 0.6) is 0 Å². The van der Waals surface area contributed by atoms with E-state index in [0.29, 0.717) is 51.6 Å². The third-order valence-corrected chi connectivity index (χ3v) is 6.66. The van der Waals surface area contributed by atoms with Crippen LogP contribution < -0.4 is 44.2 Å². The third kappa shape index (κ3) is 13.1. The number of nitrogens with two attached hydrogens (primary N) is 4. The van der Waals surface area contributed by atoms with E-state index in [4.69, 9.17) is 22.9 Å². The van der Waals surface area contributed by atoms with Crippen molar-refractivity contribution in [3.8, 4) is 0 Å². The first-order chi connectivity index (χ1) is 19.4. The minimum Gasteiger partial charge on any atom is -0.370 e. The molecule has 1 rings (SSSR count). The summed E-state index contributed by atoms with van der Waals surface area (Å²) in [6, 6.07) is -3.88. The molecule has 232 valence electrons. The molecule has 0 aromatic heterocycles. The molecule has 0 aromatic rings. The summed E-state index contributed by atoms with van der Waals surface area (Å²) in [5.41, 5.74) is 21.3. The van der Waals surface area contributed by atoms with Gasteiger partial charge in [-0.3, -0.25) is 33.8 Å². The molecule has 1 heterocycles. The number of primary amides is 1. The van der Waals surface area contributed by atoms with Gasteiger partial charge in [0.05, 0.1) is 6.54 Å². The summed E-state index contributed by atoms with van der Waals surface area (Å²) in [4.78, 5) is 80.3. The summed E-state index contributed by atoms with van der Waals surface area (Å²) in [5, 5.41) is 10.2. The van der Waals surface area contributed by atoms with E-state index in [0.717, 1.165) is 0 Å². The normalized spacial score (nSPS) is 16.6. The van der Waals surface area contributed by atoms with Crippen molar-refractivity contribution in [2.75, 3.05) is 31.9 Å². The lowest BCUT2D eigenvalue weighted by Crippen LogP contribution is -2.58. The van der Waals surface area contributed by atoms with E-state index in [2.05, 4.69) is 38.9 Å². The molecule has 0 radical (unpaired) electrons. The fourth-order valence-corrected chi connectivity index (χ4v) is 4.56. The van der Waals surface area contributed by atoms with Crippen LogP contribution in [0.3, 0.4) is 0 Å². The van der Waals surface area contributed by atoms with Crippen molar-refractivity contribution in [1.82, 2.24) is 26.2 Å². The Kier molecular flexibility index (Phi) is 16.2. The predicted octanol–water partition coefficient (Wildman–Crippen LogP) is -3.83. The van der Waals surface area contributed by atoms with E-state index in [1.54, 1.807) is 0 Å². The Morgan fingerprint density at radius 2 is 1.61 bits per heavy atom. The molecule has 0 saturated carbocycles. The van der Waals surface area contributed by atoms with Gasteiger partial charge < -0.3 is 49.1 Å². The lowest BCUT2D eigenvalue weighted by molar-refractivity contribution is -0.142. The van der Waals surface area contributed by atoms with Crippen LogP contribution in [0.15, 0.2) is 4.99 Å². The Morgan fingerprint density at radius 1 is 0.927 bits per heavy atom. The summed E-state index contributed by atoms with van der Waals surface area (Å²) < 4.78 is 0. The second kappa shape index (κ2) is 18.7. The highest BCUT2D eigenvalue weighted by atomic mass is 32.1. The van der Waals surface area contributed by atoms with Gasteiger partial charge in [0.2, 0.25) is 35.4 Å². The zero-order valence-corrected chi connectivity index (χ0v) is 24.3. The zero-order valence-electron chi connectivity index (χ0n) is 23.4. The topological polar surface area (TPSA) is 270 Å². The molecule has 0 unspecified atom stereocenters. The molecule has 4 atom stereocenters. The average Bonchev–Trinajstić information content (AvgIpc) is 3.40. The molecule has 41 heavy (non-hydrogen) atoms. The van der Waals surface area contributed by atoms with Gasteiger partial charge in [-0.15, -0.1) is 0 Å². The van der Waals surface area contributed by atoms with Crippen LogP contribution in [-0.4, -0.2) is 102 Å². The van der Waals surface area contributed by atoms with E-state index < -0.39 is 54.3 Å². The maximum absolute atomic E-state index is 13.4. The van der Waals surface area contributed by atoms with Crippen LogP contribution >= 0.6 is 12.6 Å². The molecule has 16 nitrogen and oxygen atoms in total. The van der Waals surface area contributed by atoms with Crippen molar-refractivity contribution in [2.45, 2.75) is 76.0 Å². The van der Waals surface area contributed by atoms with Gasteiger partial charge in [-0.25, -0.2) is 0 Å². The predicted molar refractivity (Wildman–Crippen MR) is 155 cm³/mol. The van der Waals surface area contributed by atoms with Crippen LogP contribution in [0.2, 0.25) is 0 Å². The molecule has 0 spiro atoms. The number of rotatable bonds is 18. The van der Waals surface area contributed by atoms with Crippen LogP contribution in [-0.2, 0) is 28.8 Å². The second-order valence-electron chi connectivity index (χ2n) is 9.67. The Labute approximate surface area is 244 Å². The lowest BCUT2D eigenvalue weighted by Gasteiger charge is -2.30. The third-order valence-electron chi connectivity index (χ3n) is 6.29. The van der Waals surface area contributed by atoms with E-state index in [-0.39, 0.29) is 36.5 Å². The lowest BCUT2D eigenvalue weighted by atomic mass is 10.1. The van der Waals surface area contributed by atoms with Crippen LogP contribution in [0, 0.1) is 0 Å². The number of unbranched alkanes of at least 4 members (excludes halogenated alkanes) is 1.